The maximum absolute atomic E-state index is 11.0. The van der Waals surface area contributed by atoms with Crippen molar-refractivity contribution >= 4 is 5.91 Å². The van der Waals surface area contributed by atoms with Crippen molar-refractivity contribution in [2.45, 2.75) is 37.5 Å². The van der Waals surface area contributed by atoms with Crippen LogP contribution < -0.4 is 11.5 Å². The Balaban J connectivity index is 2.27. The molecule has 0 radical (unpaired) electrons. The van der Waals surface area contributed by atoms with Crippen LogP contribution in [0.1, 0.15) is 48.0 Å². The molecule has 0 saturated heterocycles. The molecule has 0 spiro atoms. The van der Waals surface area contributed by atoms with Crippen LogP contribution in [0.25, 0.3) is 0 Å². The van der Waals surface area contributed by atoms with E-state index in [9.17, 15) is 4.79 Å². The van der Waals surface area contributed by atoms with E-state index in [4.69, 9.17) is 11.5 Å². The average Bonchev–Trinajstić information content (AvgIpc) is 2.39. The first-order valence-electron chi connectivity index (χ1n) is 6.28. The zero-order valence-corrected chi connectivity index (χ0v) is 10.1. The van der Waals surface area contributed by atoms with Crippen molar-refractivity contribution in [3.8, 4) is 0 Å². The van der Waals surface area contributed by atoms with Gasteiger partial charge in [-0.15, -0.1) is 0 Å². The number of hydrogen-bond donors (Lipinski definition) is 2. The fourth-order valence-corrected chi connectivity index (χ4v) is 2.83. The number of amides is 1. The van der Waals surface area contributed by atoms with Gasteiger partial charge in [0.05, 0.1) is 0 Å². The highest BCUT2D eigenvalue weighted by molar-refractivity contribution is 5.92. The van der Waals surface area contributed by atoms with Gasteiger partial charge in [0, 0.05) is 17.5 Å². The van der Waals surface area contributed by atoms with Crippen molar-refractivity contribution in [1.29, 1.82) is 0 Å². The van der Waals surface area contributed by atoms with Gasteiger partial charge in [0.2, 0.25) is 5.91 Å². The first-order valence-corrected chi connectivity index (χ1v) is 6.28. The van der Waals surface area contributed by atoms with E-state index in [1.807, 2.05) is 24.3 Å². The summed E-state index contributed by atoms with van der Waals surface area (Å²) in [6.45, 7) is 0.683. The van der Waals surface area contributed by atoms with E-state index < -0.39 is 0 Å². The van der Waals surface area contributed by atoms with Crippen molar-refractivity contribution in [1.82, 2.24) is 0 Å². The molecule has 0 atom stereocenters. The Labute approximate surface area is 102 Å². The van der Waals surface area contributed by atoms with Gasteiger partial charge in [0.25, 0.3) is 0 Å². The van der Waals surface area contributed by atoms with Gasteiger partial charge in [-0.05, 0) is 30.5 Å². The zero-order chi connectivity index (χ0) is 12.3. The van der Waals surface area contributed by atoms with Crippen molar-refractivity contribution in [3.05, 3.63) is 35.4 Å². The standard InChI is InChI=1S/C14H20N2O/c15-10-14(8-2-1-3-9-14)12-6-4-11(5-7-12)13(16)17/h4-7H,1-3,8-10,15H2,(H2,16,17). The zero-order valence-electron chi connectivity index (χ0n) is 10.1. The van der Waals surface area contributed by atoms with Gasteiger partial charge >= 0.3 is 0 Å². The third-order valence-electron chi connectivity index (χ3n) is 3.98. The minimum absolute atomic E-state index is 0.119. The van der Waals surface area contributed by atoms with E-state index in [0.29, 0.717) is 12.1 Å². The van der Waals surface area contributed by atoms with E-state index in [1.165, 1.54) is 24.8 Å². The molecule has 92 valence electrons. The summed E-state index contributed by atoms with van der Waals surface area (Å²) in [7, 11) is 0. The molecule has 1 amide bonds. The molecule has 1 aliphatic carbocycles. The molecule has 0 aromatic heterocycles. The van der Waals surface area contributed by atoms with E-state index in [1.54, 1.807) is 0 Å². The molecule has 1 aliphatic rings. The normalized spacial score (nSPS) is 18.9. The Morgan fingerprint density at radius 1 is 1.12 bits per heavy atom. The molecular weight excluding hydrogens is 212 g/mol. The minimum atomic E-state index is -0.373. The van der Waals surface area contributed by atoms with E-state index in [2.05, 4.69) is 0 Å². The lowest BCUT2D eigenvalue weighted by molar-refractivity contribution is 0.1000. The molecule has 1 aromatic carbocycles. The van der Waals surface area contributed by atoms with Gasteiger partial charge in [-0.1, -0.05) is 31.4 Å². The SMILES string of the molecule is NCC1(c2ccc(C(N)=O)cc2)CCCCC1. The molecule has 1 saturated carbocycles. The number of primary amides is 1. The smallest absolute Gasteiger partial charge is 0.248 e. The summed E-state index contributed by atoms with van der Waals surface area (Å²) in [6.07, 6.45) is 6.10. The van der Waals surface area contributed by atoms with Crippen molar-refractivity contribution in [3.63, 3.8) is 0 Å². The van der Waals surface area contributed by atoms with E-state index in [-0.39, 0.29) is 11.3 Å². The maximum atomic E-state index is 11.0. The van der Waals surface area contributed by atoms with Crippen LogP contribution in [-0.4, -0.2) is 12.5 Å². The molecule has 1 fully saturated rings. The Bertz CT molecular complexity index is 391. The van der Waals surface area contributed by atoms with Gasteiger partial charge < -0.3 is 11.5 Å². The van der Waals surface area contributed by atoms with Crippen LogP contribution in [0.2, 0.25) is 0 Å². The predicted molar refractivity (Wildman–Crippen MR) is 68.8 cm³/mol. The van der Waals surface area contributed by atoms with Gasteiger partial charge in [-0.2, -0.15) is 0 Å². The Morgan fingerprint density at radius 2 is 1.71 bits per heavy atom. The molecule has 0 aliphatic heterocycles. The molecule has 4 N–H and O–H groups in total. The summed E-state index contributed by atoms with van der Waals surface area (Å²) >= 11 is 0. The lowest BCUT2D eigenvalue weighted by atomic mass is 9.69. The van der Waals surface area contributed by atoms with Crippen LogP contribution in [0.5, 0.6) is 0 Å². The van der Waals surface area contributed by atoms with Crippen LogP contribution in [0.4, 0.5) is 0 Å². The van der Waals surface area contributed by atoms with Crippen molar-refractivity contribution in [2.75, 3.05) is 6.54 Å². The topological polar surface area (TPSA) is 69.1 Å². The number of carbonyl (C=O) groups excluding carboxylic acids is 1. The summed E-state index contributed by atoms with van der Waals surface area (Å²) in [5.74, 6) is -0.373. The highest BCUT2D eigenvalue weighted by Crippen LogP contribution is 2.38. The predicted octanol–water partition coefficient (Wildman–Crippen LogP) is 1.95. The molecule has 0 bridgehead atoms. The minimum Gasteiger partial charge on any atom is -0.366 e. The third-order valence-corrected chi connectivity index (χ3v) is 3.98. The number of rotatable bonds is 3. The Kier molecular flexibility index (Phi) is 3.48. The average molecular weight is 232 g/mol. The summed E-state index contributed by atoms with van der Waals surface area (Å²) in [5, 5.41) is 0. The number of hydrogen-bond acceptors (Lipinski definition) is 2. The number of nitrogens with two attached hydrogens (primary N) is 2. The van der Waals surface area contributed by atoms with Gasteiger partial charge in [-0.25, -0.2) is 0 Å². The van der Waals surface area contributed by atoms with Crippen molar-refractivity contribution in [2.24, 2.45) is 11.5 Å². The Hall–Kier alpha value is -1.35. The van der Waals surface area contributed by atoms with Gasteiger partial charge in [-0.3, -0.25) is 4.79 Å². The summed E-state index contributed by atoms with van der Waals surface area (Å²) < 4.78 is 0. The fraction of sp³-hybridized carbons (Fsp3) is 0.500. The van der Waals surface area contributed by atoms with Crippen molar-refractivity contribution < 1.29 is 4.79 Å². The number of benzene rings is 1. The molecule has 2 rings (SSSR count). The largest absolute Gasteiger partial charge is 0.366 e. The molecule has 3 nitrogen and oxygen atoms in total. The van der Waals surface area contributed by atoms with E-state index >= 15 is 0 Å². The monoisotopic (exact) mass is 232 g/mol. The van der Waals surface area contributed by atoms with E-state index in [0.717, 1.165) is 12.8 Å². The maximum Gasteiger partial charge on any atom is 0.248 e. The highest BCUT2D eigenvalue weighted by Gasteiger charge is 2.32. The van der Waals surface area contributed by atoms with Crippen LogP contribution in [0, 0.1) is 0 Å². The fourth-order valence-electron chi connectivity index (χ4n) is 2.83. The van der Waals surface area contributed by atoms with Gasteiger partial charge in [0.1, 0.15) is 0 Å². The summed E-state index contributed by atoms with van der Waals surface area (Å²) in [6, 6.07) is 7.64. The summed E-state index contributed by atoms with van der Waals surface area (Å²) in [5.41, 5.74) is 13.2. The molecule has 0 heterocycles. The van der Waals surface area contributed by atoms with Crippen LogP contribution in [-0.2, 0) is 5.41 Å². The molecule has 0 unspecified atom stereocenters. The Morgan fingerprint density at radius 3 is 2.18 bits per heavy atom. The van der Waals surface area contributed by atoms with Crippen LogP contribution in [0.15, 0.2) is 24.3 Å². The lowest BCUT2D eigenvalue weighted by Gasteiger charge is -2.36. The summed E-state index contributed by atoms with van der Waals surface area (Å²) in [4.78, 5) is 11.0. The third kappa shape index (κ3) is 2.34. The highest BCUT2D eigenvalue weighted by atomic mass is 16.1. The second-order valence-corrected chi connectivity index (χ2v) is 4.99. The van der Waals surface area contributed by atoms with Crippen LogP contribution >= 0.6 is 0 Å². The molecule has 1 aromatic rings. The molecular formula is C14H20N2O. The first-order chi connectivity index (χ1) is 8.18. The second kappa shape index (κ2) is 4.88. The molecule has 3 heteroatoms. The van der Waals surface area contributed by atoms with Gasteiger partial charge in [0.15, 0.2) is 0 Å². The number of carbonyl (C=O) groups is 1. The van der Waals surface area contributed by atoms with Crippen LogP contribution in [0.3, 0.4) is 0 Å². The lowest BCUT2D eigenvalue weighted by Crippen LogP contribution is -2.37. The quantitative estimate of drug-likeness (QED) is 0.836. The second-order valence-electron chi connectivity index (χ2n) is 4.99. The molecule has 17 heavy (non-hydrogen) atoms. The first kappa shape index (κ1) is 12.1.